The molecule has 67 heavy (non-hydrogen) atoms. The van der Waals surface area contributed by atoms with Gasteiger partial charge in [-0.25, -0.2) is 14.6 Å². The van der Waals surface area contributed by atoms with Crippen molar-refractivity contribution < 1.29 is 38.3 Å². The molecule has 2 aliphatic rings. The van der Waals surface area contributed by atoms with Gasteiger partial charge in [0.2, 0.25) is 13.0 Å². The first-order valence-corrected chi connectivity index (χ1v) is 25.3. The number of aromatic nitrogens is 1. The number of ether oxygens (including phenoxy) is 2. The highest BCUT2D eigenvalue weighted by Crippen LogP contribution is 2.58. The molecule has 1 fully saturated rings. The number of anilines is 1. The van der Waals surface area contributed by atoms with Crippen molar-refractivity contribution in [2.24, 2.45) is 5.16 Å². The Labute approximate surface area is 397 Å². The third kappa shape index (κ3) is 10.4. The Bertz CT molecular complexity index is 2650. The van der Waals surface area contributed by atoms with Crippen molar-refractivity contribution in [3.8, 4) is 0 Å². The molecule has 0 aliphatic carbocycles. The van der Waals surface area contributed by atoms with Crippen LogP contribution in [0.2, 0.25) is 0 Å². The van der Waals surface area contributed by atoms with Crippen molar-refractivity contribution in [1.82, 2.24) is 15.2 Å². The van der Waals surface area contributed by atoms with Gasteiger partial charge in [0.1, 0.15) is 51.6 Å². The van der Waals surface area contributed by atoms with Gasteiger partial charge in [-0.05, 0) is 68.3 Å². The summed E-state index contributed by atoms with van der Waals surface area (Å²) in [4.78, 5) is 78.9. The van der Waals surface area contributed by atoms with Gasteiger partial charge in [0, 0.05) is 16.7 Å². The number of rotatable bonds is 17. The molecule has 0 spiro atoms. The number of carbonyl (C=O) groups excluding carboxylic acids is 5. The smallest absolute Gasteiger partial charge is 0.356 e. The minimum absolute atomic E-state index is 0.0262. The number of nitrogens with one attached hydrogen (secondary N) is 2. The van der Waals surface area contributed by atoms with Crippen LogP contribution in [-0.2, 0) is 38.3 Å². The van der Waals surface area contributed by atoms with E-state index in [9.17, 15) is 19.2 Å². The second kappa shape index (κ2) is 20.7. The maximum Gasteiger partial charge on any atom is 0.356 e. The lowest BCUT2D eigenvalue weighted by molar-refractivity contribution is -0.160. The van der Waals surface area contributed by atoms with E-state index in [1.165, 1.54) is 22.0 Å². The summed E-state index contributed by atoms with van der Waals surface area (Å²) in [5.74, 6) is -2.44. The Hall–Kier alpha value is -6.93. The maximum absolute atomic E-state index is 15.3. The van der Waals surface area contributed by atoms with Crippen LogP contribution in [0.15, 0.2) is 173 Å². The second-order valence-electron chi connectivity index (χ2n) is 16.5. The quantitative estimate of drug-likeness (QED) is 0.0250. The fourth-order valence-corrected chi connectivity index (χ4v) is 14.5. The normalized spacial score (nSPS) is 16.1. The topological polar surface area (TPSA) is 166 Å². The number of thiazole rings is 1. The van der Waals surface area contributed by atoms with Gasteiger partial charge in [-0.1, -0.05) is 120 Å². The van der Waals surface area contributed by atoms with Crippen molar-refractivity contribution in [3.05, 3.63) is 185 Å². The van der Waals surface area contributed by atoms with Gasteiger partial charge in [0.05, 0.1) is 6.16 Å². The Morgan fingerprint density at radius 3 is 1.85 bits per heavy atom. The lowest BCUT2D eigenvalue weighted by atomic mass is 10.0. The van der Waals surface area contributed by atoms with E-state index in [1.807, 2.05) is 115 Å². The molecule has 13 nitrogen and oxygen atoms in total. The van der Waals surface area contributed by atoms with Crippen molar-refractivity contribution in [3.63, 3.8) is 0 Å². The number of carbonyl (C=O) groups is 5. The second-order valence-corrected chi connectivity index (χ2v) is 21.9. The number of thioether (sulfide) groups is 1. The van der Waals surface area contributed by atoms with Crippen LogP contribution in [0.3, 0.4) is 0 Å². The maximum atomic E-state index is 15.3. The molecule has 2 atom stereocenters. The molecular formula is C51H47N5O8PS2+. The summed E-state index contributed by atoms with van der Waals surface area (Å²) in [6.07, 6.45) is 0.0409. The minimum atomic E-state index is -2.59. The molecule has 0 bridgehead atoms. The molecule has 5 aromatic carbocycles. The highest BCUT2D eigenvalue weighted by atomic mass is 32.2. The molecule has 0 radical (unpaired) electrons. The molecule has 340 valence electrons. The largest absolute Gasteiger partial charge is 0.457 e. The number of oxime groups is 1. The summed E-state index contributed by atoms with van der Waals surface area (Å²) < 4.78 is 11.9. The van der Waals surface area contributed by atoms with Gasteiger partial charge in [-0.15, -0.1) is 23.1 Å². The average Bonchev–Trinajstić information content (AvgIpc) is 3.81. The number of fused-ring (bicyclic) bond motifs is 1. The van der Waals surface area contributed by atoms with E-state index >= 15 is 4.79 Å². The molecule has 16 heteroatoms. The standard InChI is InChI=1S/C51H46N5O8PS2/c1-51(2,3)64-41(58)29-62-55-42(40-32-67-50(53-40)52-33-57)46(59)54-43-47(60)56-44(49(61)63-45(34-19-9-4-10-20-34)35-21-11-5-12-22-35)36(31-66-48(43)56)30-65(37-23-13-6-14-24-37,38-25-15-7-16-26-38)39-27-17-8-18-28-39/h4-28,32-33,43,45,48H,29-31H2,1-3H3,(H-,52,53,54,57,59)/p+1/b55-42-/t43?,48-/m1/s1. The van der Waals surface area contributed by atoms with E-state index in [0.717, 1.165) is 44.0 Å². The molecule has 0 saturated carbocycles. The number of esters is 2. The zero-order chi connectivity index (χ0) is 47.0. The van der Waals surface area contributed by atoms with E-state index in [-0.39, 0.29) is 22.2 Å². The monoisotopic (exact) mass is 952 g/mol. The molecule has 1 saturated heterocycles. The number of nitrogens with zero attached hydrogens (tertiary/aromatic N) is 3. The van der Waals surface area contributed by atoms with Crippen molar-refractivity contribution in [2.45, 2.75) is 43.9 Å². The molecule has 1 aromatic heterocycles. The van der Waals surface area contributed by atoms with Crippen LogP contribution < -0.4 is 26.5 Å². The lowest BCUT2D eigenvalue weighted by Gasteiger charge is -2.50. The van der Waals surface area contributed by atoms with Crippen LogP contribution in [0.1, 0.15) is 43.7 Å². The van der Waals surface area contributed by atoms with E-state index in [2.05, 4.69) is 57.2 Å². The fraction of sp³-hybridized carbons (Fsp3) is 0.196. The van der Waals surface area contributed by atoms with Crippen LogP contribution in [0.4, 0.5) is 5.13 Å². The zero-order valence-corrected chi connectivity index (χ0v) is 39.3. The number of β-lactam (4-membered cyclic amide) rings is 1. The number of hydrogen-bond donors (Lipinski definition) is 2. The van der Waals surface area contributed by atoms with Gasteiger partial charge >= 0.3 is 11.9 Å². The summed E-state index contributed by atoms with van der Waals surface area (Å²) >= 11 is 2.46. The van der Waals surface area contributed by atoms with Crippen molar-refractivity contribution in [2.75, 3.05) is 23.8 Å². The van der Waals surface area contributed by atoms with Crippen LogP contribution >= 0.6 is 30.4 Å². The number of amides is 3. The molecule has 3 heterocycles. The highest BCUT2D eigenvalue weighted by molar-refractivity contribution is 8.00. The lowest BCUT2D eigenvalue weighted by Crippen LogP contribution is -2.71. The summed E-state index contributed by atoms with van der Waals surface area (Å²) in [6.45, 7) is 4.49. The van der Waals surface area contributed by atoms with Gasteiger partial charge < -0.3 is 24.9 Å². The molecule has 8 rings (SSSR count). The Morgan fingerprint density at radius 1 is 0.821 bits per heavy atom. The van der Waals surface area contributed by atoms with Crippen molar-refractivity contribution >= 4 is 87.3 Å². The molecule has 2 aliphatic heterocycles. The first-order chi connectivity index (χ1) is 32.5. The zero-order valence-electron chi connectivity index (χ0n) is 36.8. The molecule has 2 N–H and O–H groups in total. The third-order valence-corrected chi connectivity index (χ3v) is 17.4. The molecule has 6 aromatic rings. The van der Waals surface area contributed by atoms with Crippen LogP contribution in [0.25, 0.3) is 0 Å². The van der Waals surface area contributed by atoms with Gasteiger partial charge in [0.25, 0.3) is 11.8 Å². The minimum Gasteiger partial charge on any atom is -0.457 e. The Balaban J connectivity index is 1.19. The van der Waals surface area contributed by atoms with Gasteiger partial charge in [-0.2, -0.15) is 0 Å². The first-order valence-electron chi connectivity index (χ1n) is 21.4. The Kier molecular flexibility index (Phi) is 14.4. The summed E-state index contributed by atoms with van der Waals surface area (Å²) in [5.41, 5.74) is 1.24. The van der Waals surface area contributed by atoms with Gasteiger partial charge in [-0.3, -0.25) is 19.3 Å². The van der Waals surface area contributed by atoms with E-state index in [1.54, 1.807) is 20.8 Å². The van der Waals surface area contributed by atoms with E-state index in [0.29, 0.717) is 18.3 Å². The summed E-state index contributed by atoms with van der Waals surface area (Å²) in [6, 6.07) is 48.6. The molecule has 3 amide bonds. The first kappa shape index (κ1) is 46.6. The van der Waals surface area contributed by atoms with E-state index in [4.69, 9.17) is 14.3 Å². The van der Waals surface area contributed by atoms with Crippen LogP contribution in [0, 0.1) is 0 Å². The van der Waals surface area contributed by atoms with Crippen LogP contribution in [-0.4, -0.2) is 81.3 Å². The molecular weight excluding hydrogens is 906 g/mol. The third-order valence-electron chi connectivity index (χ3n) is 10.9. The van der Waals surface area contributed by atoms with Gasteiger partial charge in [0.15, 0.2) is 16.9 Å². The van der Waals surface area contributed by atoms with E-state index < -0.39 is 60.7 Å². The summed E-state index contributed by atoms with van der Waals surface area (Å²) in [7, 11) is -2.59. The van der Waals surface area contributed by atoms with Crippen molar-refractivity contribution in [1.29, 1.82) is 0 Å². The Morgan fingerprint density at radius 2 is 1.34 bits per heavy atom. The number of hydrogen-bond acceptors (Lipinski definition) is 12. The van der Waals surface area contributed by atoms with Crippen LogP contribution in [0.5, 0.6) is 0 Å². The molecule has 1 unspecified atom stereocenters. The average molecular weight is 953 g/mol. The summed E-state index contributed by atoms with van der Waals surface area (Å²) in [5, 5.41) is 13.4. The predicted octanol–water partition coefficient (Wildman–Crippen LogP) is 6.75. The SMILES string of the molecule is CC(C)(C)OC(=O)CO/N=C(\C(=O)NC1C(=O)N2C(C(=O)OC(c3ccccc3)c3ccccc3)=C(C[P+](c3ccccc3)(c3ccccc3)c3ccccc3)CS[C@H]12)c1csc(NC=O)n1. The fourth-order valence-electron chi connectivity index (χ4n) is 8.03. The predicted molar refractivity (Wildman–Crippen MR) is 263 cm³/mol. The number of benzene rings is 5. The highest BCUT2D eigenvalue weighted by Gasteiger charge is 2.57.